The summed E-state index contributed by atoms with van der Waals surface area (Å²) < 4.78 is 10.3. The molecule has 0 saturated heterocycles. The highest BCUT2D eigenvalue weighted by atomic mass is 16.5. The Hall–Kier alpha value is -2.04. The molecule has 0 atom stereocenters. The molecule has 0 saturated carbocycles. The molecule has 0 radical (unpaired) electrons. The van der Waals surface area contributed by atoms with Crippen LogP contribution >= 0.6 is 0 Å². The standard InChI is InChI=1S/C18H26O5/c1-4-8-14-11-15(13(2)19)16(20)12-17(14)23-10-7-5-6-9-18(21)22-3/h11-12,20H,4-10H2,1-3H3. The molecule has 0 spiro atoms. The van der Waals surface area contributed by atoms with Gasteiger partial charge < -0.3 is 14.6 Å². The summed E-state index contributed by atoms with van der Waals surface area (Å²) in [6.07, 6.45) is 4.60. The highest BCUT2D eigenvalue weighted by Gasteiger charge is 2.13. The van der Waals surface area contributed by atoms with Crippen LogP contribution in [0, 0.1) is 0 Å². The Labute approximate surface area is 137 Å². The van der Waals surface area contributed by atoms with Crippen LogP contribution in [0.5, 0.6) is 11.5 Å². The second-order valence-electron chi connectivity index (χ2n) is 5.52. The van der Waals surface area contributed by atoms with Crippen molar-refractivity contribution in [2.75, 3.05) is 13.7 Å². The monoisotopic (exact) mass is 322 g/mol. The van der Waals surface area contributed by atoms with Gasteiger partial charge in [-0.3, -0.25) is 9.59 Å². The van der Waals surface area contributed by atoms with E-state index in [1.165, 1.54) is 20.1 Å². The molecule has 0 aliphatic heterocycles. The van der Waals surface area contributed by atoms with E-state index in [1.54, 1.807) is 6.07 Å². The van der Waals surface area contributed by atoms with Gasteiger partial charge in [-0.1, -0.05) is 13.3 Å². The molecule has 0 fully saturated rings. The first-order valence-corrected chi connectivity index (χ1v) is 8.06. The van der Waals surface area contributed by atoms with E-state index in [1.807, 2.05) is 0 Å². The van der Waals surface area contributed by atoms with Crippen molar-refractivity contribution in [3.63, 3.8) is 0 Å². The highest BCUT2D eigenvalue weighted by Crippen LogP contribution is 2.30. The molecule has 0 amide bonds. The van der Waals surface area contributed by atoms with Crippen LogP contribution in [0.4, 0.5) is 0 Å². The summed E-state index contributed by atoms with van der Waals surface area (Å²) in [5.74, 6) is 0.232. The van der Waals surface area contributed by atoms with E-state index in [0.29, 0.717) is 24.3 Å². The van der Waals surface area contributed by atoms with Gasteiger partial charge >= 0.3 is 5.97 Å². The normalized spacial score (nSPS) is 10.4. The fourth-order valence-corrected chi connectivity index (χ4v) is 2.33. The number of esters is 1. The number of carbonyl (C=O) groups is 2. The number of methoxy groups -OCH3 is 1. The number of unbranched alkanes of at least 4 members (excludes halogenated alkanes) is 2. The van der Waals surface area contributed by atoms with Crippen LogP contribution in [0.25, 0.3) is 0 Å². The van der Waals surface area contributed by atoms with E-state index >= 15 is 0 Å². The minimum Gasteiger partial charge on any atom is -0.507 e. The van der Waals surface area contributed by atoms with Crippen LogP contribution in [-0.4, -0.2) is 30.6 Å². The van der Waals surface area contributed by atoms with Crippen LogP contribution in [0.2, 0.25) is 0 Å². The van der Waals surface area contributed by atoms with E-state index < -0.39 is 0 Å². The number of ketones is 1. The van der Waals surface area contributed by atoms with Crippen molar-refractivity contribution in [2.45, 2.75) is 52.4 Å². The fraction of sp³-hybridized carbons (Fsp3) is 0.556. The van der Waals surface area contributed by atoms with Crippen LogP contribution in [-0.2, 0) is 16.0 Å². The number of ether oxygens (including phenoxy) is 2. The number of aryl methyl sites for hydroxylation is 1. The number of benzene rings is 1. The molecule has 0 aromatic heterocycles. The number of aromatic hydroxyl groups is 1. The quantitative estimate of drug-likeness (QED) is 0.404. The van der Waals surface area contributed by atoms with Gasteiger partial charge in [0.05, 0.1) is 19.3 Å². The van der Waals surface area contributed by atoms with Crippen molar-refractivity contribution < 1.29 is 24.2 Å². The fourth-order valence-electron chi connectivity index (χ4n) is 2.33. The molecule has 1 aromatic rings. The van der Waals surface area contributed by atoms with Gasteiger partial charge in [-0.05, 0) is 44.2 Å². The summed E-state index contributed by atoms with van der Waals surface area (Å²) in [7, 11) is 1.39. The molecule has 0 aliphatic rings. The van der Waals surface area contributed by atoms with E-state index in [2.05, 4.69) is 11.7 Å². The predicted molar refractivity (Wildman–Crippen MR) is 88.1 cm³/mol. The maximum absolute atomic E-state index is 11.5. The predicted octanol–water partition coefficient (Wildman–Crippen LogP) is 3.66. The minimum atomic E-state index is -0.194. The van der Waals surface area contributed by atoms with Crippen LogP contribution in [0.15, 0.2) is 12.1 Å². The second-order valence-corrected chi connectivity index (χ2v) is 5.52. The van der Waals surface area contributed by atoms with Gasteiger partial charge in [0.2, 0.25) is 0 Å². The second kappa shape index (κ2) is 9.87. The lowest BCUT2D eigenvalue weighted by Crippen LogP contribution is -2.04. The zero-order valence-corrected chi connectivity index (χ0v) is 14.2. The first kappa shape index (κ1) is 19.0. The lowest BCUT2D eigenvalue weighted by atomic mass is 10.0. The molecule has 0 aliphatic carbocycles. The van der Waals surface area contributed by atoms with Gasteiger partial charge in [-0.25, -0.2) is 0 Å². The summed E-state index contributed by atoms with van der Waals surface area (Å²) in [6, 6.07) is 3.24. The van der Waals surface area contributed by atoms with Crippen molar-refractivity contribution in [3.8, 4) is 11.5 Å². The van der Waals surface area contributed by atoms with Gasteiger partial charge in [0, 0.05) is 12.5 Å². The van der Waals surface area contributed by atoms with Gasteiger partial charge in [-0.2, -0.15) is 0 Å². The molecule has 0 heterocycles. The molecular formula is C18H26O5. The Balaban J connectivity index is 2.56. The number of hydrogen-bond donors (Lipinski definition) is 1. The Bertz CT molecular complexity index is 536. The first-order chi connectivity index (χ1) is 11.0. The Morgan fingerprint density at radius 3 is 2.52 bits per heavy atom. The lowest BCUT2D eigenvalue weighted by molar-refractivity contribution is -0.140. The summed E-state index contributed by atoms with van der Waals surface area (Å²) in [5, 5.41) is 9.93. The maximum atomic E-state index is 11.5. The molecule has 5 heteroatoms. The molecule has 0 unspecified atom stereocenters. The van der Waals surface area contributed by atoms with Gasteiger partial charge in [-0.15, -0.1) is 0 Å². The van der Waals surface area contributed by atoms with Crippen molar-refractivity contribution >= 4 is 11.8 Å². The van der Waals surface area contributed by atoms with E-state index in [4.69, 9.17) is 4.74 Å². The first-order valence-electron chi connectivity index (χ1n) is 8.06. The summed E-state index contributed by atoms with van der Waals surface area (Å²) in [5.41, 5.74) is 1.27. The van der Waals surface area contributed by atoms with Crippen molar-refractivity contribution in [1.29, 1.82) is 0 Å². The number of Topliss-reactive ketones (excluding diaryl/α,β-unsaturated/α-hetero) is 1. The van der Waals surface area contributed by atoms with Crippen LogP contribution < -0.4 is 4.74 Å². The maximum Gasteiger partial charge on any atom is 0.305 e. The smallest absolute Gasteiger partial charge is 0.305 e. The van der Waals surface area contributed by atoms with E-state index in [9.17, 15) is 14.7 Å². The molecule has 128 valence electrons. The number of hydrogen-bond acceptors (Lipinski definition) is 5. The Morgan fingerprint density at radius 2 is 1.91 bits per heavy atom. The number of carbonyl (C=O) groups excluding carboxylic acids is 2. The molecular weight excluding hydrogens is 296 g/mol. The Morgan fingerprint density at radius 1 is 1.17 bits per heavy atom. The van der Waals surface area contributed by atoms with Crippen LogP contribution in [0.1, 0.15) is 61.9 Å². The zero-order chi connectivity index (χ0) is 17.2. The Kier molecular flexibility index (Phi) is 8.16. The molecule has 1 N–H and O–H groups in total. The average molecular weight is 322 g/mol. The van der Waals surface area contributed by atoms with Crippen molar-refractivity contribution in [2.24, 2.45) is 0 Å². The molecule has 1 aromatic carbocycles. The van der Waals surface area contributed by atoms with Crippen molar-refractivity contribution in [3.05, 3.63) is 23.3 Å². The topological polar surface area (TPSA) is 72.8 Å². The largest absolute Gasteiger partial charge is 0.507 e. The molecule has 23 heavy (non-hydrogen) atoms. The molecule has 1 rings (SSSR count). The number of phenols is 1. The third-order valence-electron chi connectivity index (χ3n) is 3.59. The van der Waals surface area contributed by atoms with Crippen molar-refractivity contribution in [1.82, 2.24) is 0 Å². The average Bonchev–Trinajstić information content (AvgIpc) is 2.52. The third-order valence-corrected chi connectivity index (χ3v) is 3.59. The molecule has 0 bridgehead atoms. The molecule has 5 nitrogen and oxygen atoms in total. The van der Waals surface area contributed by atoms with E-state index in [-0.39, 0.29) is 17.5 Å². The third kappa shape index (κ3) is 6.30. The van der Waals surface area contributed by atoms with E-state index in [0.717, 1.165) is 37.7 Å². The van der Waals surface area contributed by atoms with Gasteiger partial charge in [0.1, 0.15) is 11.5 Å². The summed E-state index contributed by atoms with van der Waals surface area (Å²) in [6.45, 7) is 4.00. The summed E-state index contributed by atoms with van der Waals surface area (Å²) >= 11 is 0. The lowest BCUT2D eigenvalue weighted by Gasteiger charge is -2.13. The zero-order valence-electron chi connectivity index (χ0n) is 14.2. The SMILES string of the molecule is CCCc1cc(C(C)=O)c(O)cc1OCCCCCC(=O)OC. The van der Waals surface area contributed by atoms with Gasteiger partial charge in [0.15, 0.2) is 5.78 Å². The number of rotatable bonds is 10. The number of phenolic OH excluding ortho intramolecular Hbond substituents is 1. The summed E-state index contributed by atoms with van der Waals surface area (Å²) in [4.78, 5) is 22.5. The van der Waals surface area contributed by atoms with Gasteiger partial charge in [0.25, 0.3) is 0 Å². The van der Waals surface area contributed by atoms with Crippen LogP contribution in [0.3, 0.4) is 0 Å². The minimum absolute atomic E-state index is 0.0435. The highest BCUT2D eigenvalue weighted by molar-refractivity contribution is 5.97.